The summed E-state index contributed by atoms with van der Waals surface area (Å²) in [5.74, 6) is 0.112. The van der Waals surface area contributed by atoms with Crippen molar-refractivity contribution in [3.05, 3.63) is 41.2 Å². The molecule has 1 amide bonds. The molecule has 7 nitrogen and oxygen atoms in total. The number of ether oxygens (including phenoxy) is 1. The van der Waals surface area contributed by atoms with E-state index in [0.717, 1.165) is 17.5 Å². The van der Waals surface area contributed by atoms with Crippen LogP contribution in [-0.2, 0) is 16.0 Å². The number of nitrogens with two attached hydrogens (primary N) is 1. The van der Waals surface area contributed by atoms with Gasteiger partial charge in [-0.25, -0.2) is 4.39 Å². The predicted octanol–water partition coefficient (Wildman–Crippen LogP) is 2.31. The molecule has 1 aliphatic heterocycles. The zero-order valence-corrected chi connectivity index (χ0v) is 14.6. The smallest absolute Gasteiger partial charge is 0.233 e. The van der Waals surface area contributed by atoms with Gasteiger partial charge in [0, 0.05) is 18.7 Å². The SMILES string of the molecule is CCCOCCNc1nc(N)nc2c1CC(c1ccc(F)cc1)C(=O)N2. The van der Waals surface area contributed by atoms with E-state index in [4.69, 9.17) is 10.5 Å². The van der Waals surface area contributed by atoms with E-state index >= 15 is 0 Å². The maximum Gasteiger partial charge on any atom is 0.233 e. The van der Waals surface area contributed by atoms with Crippen molar-refractivity contribution in [1.29, 1.82) is 0 Å². The van der Waals surface area contributed by atoms with Crippen LogP contribution in [0.2, 0.25) is 0 Å². The van der Waals surface area contributed by atoms with E-state index in [-0.39, 0.29) is 17.7 Å². The van der Waals surface area contributed by atoms with E-state index in [1.54, 1.807) is 12.1 Å². The lowest BCUT2D eigenvalue weighted by Crippen LogP contribution is -2.30. The highest BCUT2D eigenvalue weighted by Crippen LogP contribution is 2.34. The van der Waals surface area contributed by atoms with Crippen LogP contribution in [0.25, 0.3) is 0 Å². The van der Waals surface area contributed by atoms with Crippen molar-refractivity contribution in [3.63, 3.8) is 0 Å². The number of rotatable bonds is 7. The zero-order chi connectivity index (χ0) is 18.5. The summed E-state index contributed by atoms with van der Waals surface area (Å²) >= 11 is 0. The van der Waals surface area contributed by atoms with Gasteiger partial charge in [0.2, 0.25) is 11.9 Å². The molecule has 0 fully saturated rings. The molecule has 138 valence electrons. The summed E-state index contributed by atoms with van der Waals surface area (Å²) in [6.45, 7) is 3.86. The third-order valence-corrected chi connectivity index (χ3v) is 4.15. The van der Waals surface area contributed by atoms with Crippen LogP contribution >= 0.6 is 0 Å². The number of fused-ring (bicyclic) bond motifs is 1. The highest BCUT2D eigenvalue weighted by atomic mass is 19.1. The summed E-state index contributed by atoms with van der Waals surface area (Å²) < 4.78 is 18.6. The van der Waals surface area contributed by atoms with Crippen LogP contribution in [0.1, 0.15) is 30.4 Å². The Balaban J connectivity index is 1.80. The second-order valence-corrected chi connectivity index (χ2v) is 6.09. The fourth-order valence-corrected chi connectivity index (χ4v) is 2.90. The zero-order valence-electron chi connectivity index (χ0n) is 14.6. The number of nitrogen functional groups attached to an aromatic ring is 1. The van der Waals surface area contributed by atoms with Crippen molar-refractivity contribution in [2.45, 2.75) is 25.7 Å². The molecule has 1 aliphatic rings. The molecule has 0 aliphatic carbocycles. The number of hydrogen-bond donors (Lipinski definition) is 3. The summed E-state index contributed by atoms with van der Waals surface area (Å²) in [4.78, 5) is 20.8. The Bertz CT molecular complexity index is 782. The first-order valence-electron chi connectivity index (χ1n) is 8.62. The summed E-state index contributed by atoms with van der Waals surface area (Å²) in [5.41, 5.74) is 7.28. The van der Waals surface area contributed by atoms with Crippen molar-refractivity contribution in [2.24, 2.45) is 0 Å². The number of nitrogens with one attached hydrogen (secondary N) is 2. The van der Waals surface area contributed by atoms with Crippen LogP contribution in [-0.4, -0.2) is 35.6 Å². The van der Waals surface area contributed by atoms with Crippen LogP contribution in [0.4, 0.5) is 22.0 Å². The molecule has 0 saturated carbocycles. The van der Waals surface area contributed by atoms with E-state index in [0.29, 0.717) is 37.8 Å². The Kier molecular flexibility index (Phi) is 5.62. The minimum absolute atomic E-state index is 0.0845. The van der Waals surface area contributed by atoms with Gasteiger partial charge in [0.05, 0.1) is 12.5 Å². The minimum Gasteiger partial charge on any atom is -0.380 e. The number of amides is 1. The molecule has 0 saturated heterocycles. The van der Waals surface area contributed by atoms with E-state index in [9.17, 15) is 9.18 Å². The number of carbonyl (C=O) groups excluding carboxylic acids is 1. The van der Waals surface area contributed by atoms with Gasteiger partial charge in [0.25, 0.3) is 0 Å². The minimum atomic E-state index is -0.438. The Labute approximate surface area is 151 Å². The van der Waals surface area contributed by atoms with Gasteiger partial charge in [-0.3, -0.25) is 4.79 Å². The fraction of sp³-hybridized carbons (Fsp3) is 0.389. The number of halogens is 1. The van der Waals surface area contributed by atoms with Gasteiger partial charge >= 0.3 is 0 Å². The molecular formula is C18H22FN5O2. The lowest BCUT2D eigenvalue weighted by Gasteiger charge is -2.26. The van der Waals surface area contributed by atoms with Gasteiger partial charge in [-0.2, -0.15) is 9.97 Å². The molecular weight excluding hydrogens is 337 g/mol. The molecule has 1 aromatic carbocycles. The number of nitrogens with zero attached hydrogens (tertiary/aromatic N) is 2. The number of carbonyl (C=O) groups is 1. The van der Waals surface area contributed by atoms with Crippen LogP contribution in [0.3, 0.4) is 0 Å². The number of aromatic nitrogens is 2. The molecule has 2 heterocycles. The van der Waals surface area contributed by atoms with Crippen molar-refractivity contribution >= 4 is 23.5 Å². The first kappa shape index (κ1) is 18.1. The van der Waals surface area contributed by atoms with Crippen LogP contribution in [0.5, 0.6) is 0 Å². The number of benzene rings is 1. The highest BCUT2D eigenvalue weighted by Gasteiger charge is 2.31. The van der Waals surface area contributed by atoms with Gasteiger partial charge in [-0.15, -0.1) is 0 Å². The lowest BCUT2D eigenvalue weighted by molar-refractivity contribution is -0.117. The topological polar surface area (TPSA) is 102 Å². The molecule has 1 atom stereocenters. The molecule has 8 heteroatoms. The normalized spacial score (nSPS) is 16.1. The van der Waals surface area contributed by atoms with Gasteiger partial charge < -0.3 is 21.1 Å². The monoisotopic (exact) mass is 359 g/mol. The maximum absolute atomic E-state index is 13.2. The first-order valence-corrected chi connectivity index (χ1v) is 8.62. The fourth-order valence-electron chi connectivity index (χ4n) is 2.90. The molecule has 1 unspecified atom stereocenters. The number of hydrogen-bond acceptors (Lipinski definition) is 6. The third kappa shape index (κ3) is 4.08. The Morgan fingerprint density at radius 3 is 2.81 bits per heavy atom. The van der Waals surface area contributed by atoms with Crippen LogP contribution < -0.4 is 16.4 Å². The average Bonchev–Trinajstić information content (AvgIpc) is 2.61. The Morgan fingerprint density at radius 1 is 1.31 bits per heavy atom. The Morgan fingerprint density at radius 2 is 2.08 bits per heavy atom. The molecule has 0 bridgehead atoms. The average molecular weight is 359 g/mol. The predicted molar refractivity (Wildman–Crippen MR) is 97.5 cm³/mol. The van der Waals surface area contributed by atoms with E-state index in [2.05, 4.69) is 20.6 Å². The van der Waals surface area contributed by atoms with Gasteiger partial charge in [0.15, 0.2) is 0 Å². The summed E-state index contributed by atoms with van der Waals surface area (Å²) in [7, 11) is 0. The highest BCUT2D eigenvalue weighted by molar-refractivity contribution is 5.99. The van der Waals surface area contributed by atoms with Crippen LogP contribution in [0.15, 0.2) is 24.3 Å². The van der Waals surface area contributed by atoms with E-state index in [1.807, 2.05) is 6.92 Å². The standard InChI is InChI=1S/C18H22FN5O2/c1-2-8-26-9-7-21-15-14-10-13(11-3-5-12(19)6-4-11)17(25)22-16(14)24-18(20)23-15/h3-6,13H,2,7-10H2,1H3,(H4,20,21,22,23,24,25). The molecule has 26 heavy (non-hydrogen) atoms. The summed E-state index contributed by atoms with van der Waals surface area (Å²) in [6.07, 6.45) is 1.37. The molecule has 3 rings (SSSR count). The van der Waals surface area contributed by atoms with Crippen molar-refractivity contribution in [3.8, 4) is 0 Å². The van der Waals surface area contributed by atoms with E-state index < -0.39 is 5.92 Å². The van der Waals surface area contributed by atoms with Gasteiger partial charge in [-0.05, 0) is 30.5 Å². The molecule has 0 spiro atoms. The summed E-state index contributed by atoms with van der Waals surface area (Å²) in [6, 6.07) is 5.94. The largest absolute Gasteiger partial charge is 0.380 e. The quantitative estimate of drug-likeness (QED) is 0.656. The summed E-state index contributed by atoms with van der Waals surface area (Å²) in [5, 5.41) is 5.98. The van der Waals surface area contributed by atoms with Crippen LogP contribution in [0, 0.1) is 5.82 Å². The maximum atomic E-state index is 13.2. The van der Waals surface area contributed by atoms with Crippen molar-refractivity contribution < 1.29 is 13.9 Å². The van der Waals surface area contributed by atoms with Crippen molar-refractivity contribution in [1.82, 2.24) is 9.97 Å². The van der Waals surface area contributed by atoms with Crippen molar-refractivity contribution in [2.75, 3.05) is 36.1 Å². The first-order chi connectivity index (χ1) is 12.6. The third-order valence-electron chi connectivity index (χ3n) is 4.15. The van der Waals surface area contributed by atoms with Gasteiger partial charge in [-0.1, -0.05) is 19.1 Å². The van der Waals surface area contributed by atoms with Gasteiger partial charge in [0.1, 0.15) is 17.5 Å². The lowest BCUT2D eigenvalue weighted by atomic mass is 9.89. The molecule has 2 aromatic rings. The number of anilines is 3. The Hall–Kier alpha value is -2.74. The molecule has 4 N–H and O–H groups in total. The molecule has 1 aromatic heterocycles. The second-order valence-electron chi connectivity index (χ2n) is 6.09. The van der Waals surface area contributed by atoms with E-state index in [1.165, 1.54) is 12.1 Å². The molecule has 0 radical (unpaired) electrons. The second kappa shape index (κ2) is 8.09.